The van der Waals surface area contributed by atoms with Gasteiger partial charge in [-0.05, 0) is 31.0 Å². The molecule has 2 amide bonds. The summed E-state index contributed by atoms with van der Waals surface area (Å²) in [5.41, 5.74) is 0.957. The number of halogens is 1. The molecular formula is C23H30FN5O2. The highest BCUT2D eigenvalue weighted by Gasteiger charge is 2.53. The highest BCUT2D eigenvalue weighted by atomic mass is 19.1. The summed E-state index contributed by atoms with van der Waals surface area (Å²) in [4.78, 5) is 32.3. The third-order valence-electron chi connectivity index (χ3n) is 6.61. The smallest absolute Gasteiger partial charge is 0.253 e. The van der Waals surface area contributed by atoms with Crippen LogP contribution in [-0.2, 0) is 18.4 Å². The quantitative estimate of drug-likeness (QED) is 0.749. The van der Waals surface area contributed by atoms with Crippen LogP contribution in [0.25, 0.3) is 0 Å². The summed E-state index contributed by atoms with van der Waals surface area (Å²) >= 11 is 0. The Labute approximate surface area is 182 Å². The van der Waals surface area contributed by atoms with E-state index in [1.807, 2.05) is 19.4 Å². The van der Waals surface area contributed by atoms with Crippen LogP contribution < -0.4 is 0 Å². The second-order valence-electron chi connectivity index (χ2n) is 9.11. The predicted molar refractivity (Wildman–Crippen MR) is 115 cm³/mol. The molecule has 0 saturated carbocycles. The average Bonchev–Trinajstić information content (AvgIpc) is 3.24. The van der Waals surface area contributed by atoms with Crippen LogP contribution in [0.4, 0.5) is 4.39 Å². The first-order valence-electron chi connectivity index (χ1n) is 10.7. The van der Waals surface area contributed by atoms with Gasteiger partial charge in [-0.25, -0.2) is 4.39 Å². The lowest BCUT2D eigenvalue weighted by atomic mass is 9.74. The second-order valence-corrected chi connectivity index (χ2v) is 9.11. The number of amides is 2. The van der Waals surface area contributed by atoms with Gasteiger partial charge in [0.25, 0.3) is 5.91 Å². The van der Waals surface area contributed by atoms with Crippen LogP contribution in [0.5, 0.6) is 0 Å². The van der Waals surface area contributed by atoms with Crippen molar-refractivity contribution in [2.24, 2.45) is 18.4 Å². The van der Waals surface area contributed by atoms with E-state index in [9.17, 15) is 14.0 Å². The summed E-state index contributed by atoms with van der Waals surface area (Å²) in [6, 6.07) is 5.84. The second kappa shape index (κ2) is 8.42. The van der Waals surface area contributed by atoms with Crippen LogP contribution in [-0.4, -0.2) is 76.6 Å². The van der Waals surface area contributed by atoms with E-state index in [-0.39, 0.29) is 17.7 Å². The summed E-state index contributed by atoms with van der Waals surface area (Å²) in [6.07, 6.45) is 5.34. The van der Waals surface area contributed by atoms with Gasteiger partial charge in [0.05, 0.1) is 11.6 Å². The lowest BCUT2D eigenvalue weighted by Gasteiger charge is -2.35. The van der Waals surface area contributed by atoms with Crippen LogP contribution in [0.2, 0.25) is 0 Å². The molecule has 2 aliphatic rings. The van der Waals surface area contributed by atoms with Crippen molar-refractivity contribution in [1.82, 2.24) is 24.5 Å². The Morgan fingerprint density at radius 2 is 2.10 bits per heavy atom. The van der Waals surface area contributed by atoms with Crippen molar-refractivity contribution in [3.8, 4) is 0 Å². The SMILES string of the molecule is CN(C)C(=O)[C@]12CCCN(C(=O)c3cccc(F)c3)C[C@H]1CN(Cc1cnn(C)c1)C2. The third-order valence-corrected chi connectivity index (χ3v) is 6.61. The molecule has 2 fully saturated rings. The zero-order valence-electron chi connectivity index (χ0n) is 18.4. The number of hydrogen-bond donors (Lipinski definition) is 0. The number of aryl methyl sites for hydroxylation is 1. The van der Waals surface area contributed by atoms with Crippen LogP contribution in [0.15, 0.2) is 36.7 Å². The molecule has 1 aromatic heterocycles. The molecule has 2 saturated heterocycles. The molecule has 0 spiro atoms. The van der Waals surface area contributed by atoms with E-state index in [1.165, 1.54) is 12.1 Å². The van der Waals surface area contributed by atoms with Crippen LogP contribution in [0.1, 0.15) is 28.8 Å². The minimum atomic E-state index is -0.511. The molecular weight excluding hydrogens is 397 g/mol. The van der Waals surface area contributed by atoms with Gasteiger partial charge in [-0.3, -0.25) is 19.2 Å². The maximum atomic E-state index is 13.7. The van der Waals surface area contributed by atoms with Gasteiger partial charge in [0.2, 0.25) is 5.91 Å². The van der Waals surface area contributed by atoms with Crippen LogP contribution in [0.3, 0.4) is 0 Å². The molecule has 166 valence electrons. The van der Waals surface area contributed by atoms with E-state index < -0.39 is 11.2 Å². The standard InChI is InChI=1S/C23H30FN5O2/c1-26(2)22(31)23-8-5-9-29(21(30)18-6-4-7-20(24)10-18)15-19(23)14-28(16-23)13-17-11-25-27(3)12-17/h4,6-7,10-12,19H,5,8-9,13-16H2,1-3H3/t19-,23+/m1/s1. The summed E-state index contributed by atoms with van der Waals surface area (Å²) in [7, 11) is 5.50. The zero-order chi connectivity index (χ0) is 22.2. The Kier molecular flexibility index (Phi) is 5.83. The van der Waals surface area contributed by atoms with E-state index >= 15 is 0 Å². The van der Waals surface area contributed by atoms with Crippen molar-refractivity contribution in [3.05, 3.63) is 53.6 Å². The number of hydrogen-bond acceptors (Lipinski definition) is 4. The fraction of sp³-hybridized carbons (Fsp3) is 0.522. The maximum Gasteiger partial charge on any atom is 0.253 e. The summed E-state index contributed by atoms with van der Waals surface area (Å²) in [5, 5.41) is 4.25. The topological polar surface area (TPSA) is 61.7 Å². The highest BCUT2D eigenvalue weighted by Crippen LogP contribution is 2.44. The number of rotatable bonds is 4. The molecule has 0 aliphatic carbocycles. The van der Waals surface area contributed by atoms with Gasteiger partial charge in [-0.2, -0.15) is 5.10 Å². The van der Waals surface area contributed by atoms with Gasteiger partial charge in [-0.1, -0.05) is 6.07 Å². The number of nitrogens with zero attached hydrogens (tertiary/aromatic N) is 5. The monoisotopic (exact) mass is 427 g/mol. The first-order valence-corrected chi connectivity index (χ1v) is 10.7. The number of benzene rings is 1. The molecule has 2 atom stereocenters. The summed E-state index contributed by atoms with van der Waals surface area (Å²) < 4.78 is 15.5. The molecule has 0 unspecified atom stereocenters. The molecule has 31 heavy (non-hydrogen) atoms. The van der Waals surface area contributed by atoms with Gasteiger partial charge in [0.1, 0.15) is 5.82 Å². The number of fused-ring (bicyclic) bond motifs is 1. The number of carbonyl (C=O) groups excluding carboxylic acids is 2. The molecule has 4 rings (SSSR count). The molecule has 0 N–H and O–H groups in total. The number of likely N-dealkylation sites (tertiary alicyclic amines) is 2. The van der Waals surface area contributed by atoms with Gasteiger partial charge in [-0.15, -0.1) is 0 Å². The van der Waals surface area contributed by atoms with Gasteiger partial charge >= 0.3 is 0 Å². The van der Waals surface area contributed by atoms with Gasteiger partial charge in [0.15, 0.2) is 0 Å². The van der Waals surface area contributed by atoms with E-state index in [4.69, 9.17) is 0 Å². The maximum absolute atomic E-state index is 13.7. The number of aromatic nitrogens is 2. The molecule has 2 aromatic rings. The fourth-order valence-electron chi connectivity index (χ4n) is 5.25. The summed E-state index contributed by atoms with van der Waals surface area (Å²) in [5.74, 6) is -0.426. The largest absolute Gasteiger partial charge is 0.348 e. The fourth-order valence-corrected chi connectivity index (χ4v) is 5.25. The molecule has 1 aromatic carbocycles. The molecule has 3 heterocycles. The first-order chi connectivity index (χ1) is 14.8. The number of carbonyl (C=O) groups is 2. The Morgan fingerprint density at radius 3 is 2.77 bits per heavy atom. The van der Waals surface area contributed by atoms with E-state index in [0.29, 0.717) is 25.2 Å². The molecule has 0 bridgehead atoms. The Balaban J connectivity index is 1.58. The molecule has 0 radical (unpaired) electrons. The molecule has 2 aliphatic heterocycles. The predicted octanol–water partition coefficient (Wildman–Crippen LogP) is 2.00. The highest BCUT2D eigenvalue weighted by molar-refractivity contribution is 5.94. The van der Waals surface area contributed by atoms with Crippen LogP contribution in [0, 0.1) is 17.2 Å². The minimum absolute atomic E-state index is 0.0269. The zero-order valence-corrected chi connectivity index (χ0v) is 18.4. The lowest BCUT2D eigenvalue weighted by Crippen LogP contribution is -2.47. The van der Waals surface area contributed by atoms with Crippen molar-refractivity contribution >= 4 is 11.8 Å². The first kappa shape index (κ1) is 21.5. The molecule has 7 nitrogen and oxygen atoms in total. The Hall–Kier alpha value is -2.74. The Bertz CT molecular complexity index is 974. The van der Waals surface area contributed by atoms with Crippen molar-refractivity contribution < 1.29 is 14.0 Å². The van der Waals surface area contributed by atoms with Gasteiger partial charge < -0.3 is 9.80 Å². The van der Waals surface area contributed by atoms with Crippen molar-refractivity contribution in [2.45, 2.75) is 19.4 Å². The van der Waals surface area contributed by atoms with E-state index in [1.54, 1.807) is 40.7 Å². The van der Waals surface area contributed by atoms with Gasteiger partial charge in [0, 0.05) is 77.1 Å². The van der Waals surface area contributed by atoms with Crippen molar-refractivity contribution in [2.75, 3.05) is 40.3 Å². The van der Waals surface area contributed by atoms with Crippen molar-refractivity contribution in [3.63, 3.8) is 0 Å². The summed E-state index contributed by atoms with van der Waals surface area (Å²) in [6.45, 7) is 3.22. The minimum Gasteiger partial charge on any atom is -0.348 e. The normalized spacial score (nSPS) is 24.0. The van der Waals surface area contributed by atoms with E-state index in [2.05, 4.69) is 10.00 Å². The molecule has 8 heteroatoms. The van der Waals surface area contributed by atoms with Crippen molar-refractivity contribution in [1.29, 1.82) is 0 Å². The lowest BCUT2D eigenvalue weighted by molar-refractivity contribution is -0.141. The van der Waals surface area contributed by atoms with E-state index in [0.717, 1.165) is 31.5 Å². The Morgan fingerprint density at radius 1 is 1.29 bits per heavy atom. The third kappa shape index (κ3) is 4.21. The van der Waals surface area contributed by atoms with Crippen LogP contribution >= 0.6 is 0 Å². The average molecular weight is 428 g/mol.